The molecule has 140 valence electrons. The van der Waals surface area contributed by atoms with Crippen LogP contribution in [-0.2, 0) is 14.3 Å². The minimum Gasteiger partial charge on any atom is -0.482 e. The number of ether oxygens (including phenoxy) is 2. The molecule has 0 aliphatic carbocycles. The molecule has 0 unspecified atom stereocenters. The Morgan fingerprint density at radius 2 is 1.93 bits per heavy atom. The first-order valence-electron chi connectivity index (χ1n) is 8.20. The van der Waals surface area contributed by atoms with Gasteiger partial charge in [0.2, 0.25) is 0 Å². The van der Waals surface area contributed by atoms with Crippen molar-refractivity contribution in [2.45, 2.75) is 26.2 Å². The highest BCUT2D eigenvalue weighted by atomic mass is 32.1. The normalized spacial score (nSPS) is 11.3. The molecule has 2 rings (SSSR count). The number of aromatic nitrogens is 1. The lowest BCUT2D eigenvalue weighted by molar-refractivity contribution is -0.150. The number of esters is 1. The second-order valence-electron chi connectivity index (χ2n) is 5.61. The van der Waals surface area contributed by atoms with E-state index in [4.69, 9.17) is 14.7 Å². The second kappa shape index (κ2) is 9.59. The molecule has 0 spiro atoms. The van der Waals surface area contributed by atoms with Gasteiger partial charge in [0.05, 0.1) is 6.07 Å². The molecule has 0 aliphatic rings. The van der Waals surface area contributed by atoms with Gasteiger partial charge in [0.1, 0.15) is 10.8 Å². The SMILES string of the molecule is CCC(=O)c1ccc(OCC(=O)OCC(=O)[C@@H](C#N)c2nc(C)cs2)cc1. The average molecular weight is 386 g/mol. The Labute approximate surface area is 160 Å². The molecule has 7 nitrogen and oxygen atoms in total. The summed E-state index contributed by atoms with van der Waals surface area (Å²) in [6.45, 7) is 2.63. The molecule has 8 heteroatoms. The van der Waals surface area contributed by atoms with Gasteiger partial charge in [-0.1, -0.05) is 6.92 Å². The van der Waals surface area contributed by atoms with Gasteiger partial charge >= 0.3 is 5.97 Å². The number of aryl methyl sites for hydroxylation is 1. The van der Waals surface area contributed by atoms with Crippen LogP contribution in [0.2, 0.25) is 0 Å². The summed E-state index contributed by atoms with van der Waals surface area (Å²) in [5, 5.41) is 11.3. The summed E-state index contributed by atoms with van der Waals surface area (Å²) < 4.78 is 10.1. The molecule has 1 aromatic carbocycles. The Balaban J connectivity index is 1.81. The number of Topliss-reactive ketones (excluding diaryl/α,β-unsaturated/α-hetero) is 2. The number of hydrogen-bond acceptors (Lipinski definition) is 8. The van der Waals surface area contributed by atoms with Crippen LogP contribution in [0.15, 0.2) is 29.6 Å². The number of thiazole rings is 1. The van der Waals surface area contributed by atoms with Crippen molar-refractivity contribution in [3.05, 3.63) is 45.9 Å². The third-order valence-electron chi connectivity index (χ3n) is 3.56. The van der Waals surface area contributed by atoms with E-state index in [2.05, 4.69) is 4.98 Å². The van der Waals surface area contributed by atoms with Crippen LogP contribution in [0.4, 0.5) is 0 Å². The molecule has 1 atom stereocenters. The van der Waals surface area contributed by atoms with E-state index in [9.17, 15) is 14.4 Å². The molecule has 2 aromatic rings. The number of benzene rings is 1. The summed E-state index contributed by atoms with van der Waals surface area (Å²) in [4.78, 5) is 39.5. The first-order chi connectivity index (χ1) is 12.9. The molecule has 0 radical (unpaired) electrons. The number of carbonyl (C=O) groups excluding carboxylic acids is 3. The molecule has 0 amide bonds. The molecule has 0 N–H and O–H groups in total. The summed E-state index contributed by atoms with van der Waals surface area (Å²) in [5.41, 5.74) is 1.29. The molecular weight excluding hydrogens is 368 g/mol. The lowest BCUT2D eigenvalue weighted by Gasteiger charge is -2.08. The summed E-state index contributed by atoms with van der Waals surface area (Å²) in [7, 11) is 0. The number of nitriles is 1. The summed E-state index contributed by atoms with van der Waals surface area (Å²) in [5.74, 6) is -1.91. The van der Waals surface area contributed by atoms with Crippen LogP contribution >= 0.6 is 11.3 Å². The van der Waals surface area contributed by atoms with Crippen LogP contribution in [0, 0.1) is 18.3 Å². The highest BCUT2D eigenvalue weighted by Gasteiger charge is 2.24. The first kappa shape index (κ1) is 20.3. The smallest absolute Gasteiger partial charge is 0.344 e. The zero-order valence-corrected chi connectivity index (χ0v) is 15.7. The summed E-state index contributed by atoms with van der Waals surface area (Å²) in [6, 6.07) is 8.27. The van der Waals surface area contributed by atoms with E-state index in [1.54, 1.807) is 43.5 Å². The minimum absolute atomic E-state index is 0.0157. The van der Waals surface area contributed by atoms with Gasteiger partial charge < -0.3 is 9.47 Å². The van der Waals surface area contributed by atoms with Gasteiger partial charge in [-0.05, 0) is 31.2 Å². The molecular formula is C19H18N2O5S. The maximum Gasteiger partial charge on any atom is 0.344 e. The van der Waals surface area contributed by atoms with Crippen molar-refractivity contribution in [3.63, 3.8) is 0 Å². The number of rotatable bonds is 9. The number of nitrogens with zero attached hydrogens (tertiary/aromatic N) is 2. The summed E-state index contributed by atoms with van der Waals surface area (Å²) in [6.07, 6.45) is 0.408. The van der Waals surface area contributed by atoms with Crippen LogP contribution in [0.25, 0.3) is 0 Å². The number of hydrogen-bond donors (Lipinski definition) is 0. The highest BCUT2D eigenvalue weighted by Crippen LogP contribution is 2.20. The highest BCUT2D eigenvalue weighted by molar-refractivity contribution is 7.09. The molecule has 0 fully saturated rings. The molecule has 0 saturated carbocycles. The Morgan fingerprint density at radius 3 is 2.48 bits per heavy atom. The molecule has 27 heavy (non-hydrogen) atoms. The van der Waals surface area contributed by atoms with Gasteiger partial charge in [-0.2, -0.15) is 5.26 Å². The number of ketones is 2. The second-order valence-corrected chi connectivity index (χ2v) is 6.50. The molecule has 0 aliphatic heterocycles. The predicted octanol–water partition coefficient (Wildman–Crippen LogP) is 2.84. The van der Waals surface area contributed by atoms with Crippen LogP contribution in [0.5, 0.6) is 5.75 Å². The third-order valence-corrected chi connectivity index (χ3v) is 4.59. The van der Waals surface area contributed by atoms with Crippen molar-refractivity contribution in [1.29, 1.82) is 5.26 Å². The van der Waals surface area contributed by atoms with E-state index in [0.29, 0.717) is 22.7 Å². The Hall–Kier alpha value is -3.05. The van der Waals surface area contributed by atoms with Gasteiger partial charge in [0.25, 0.3) is 0 Å². The maximum absolute atomic E-state index is 12.1. The fourth-order valence-corrected chi connectivity index (χ4v) is 2.99. The zero-order valence-electron chi connectivity index (χ0n) is 14.9. The van der Waals surface area contributed by atoms with E-state index >= 15 is 0 Å². The van der Waals surface area contributed by atoms with Gasteiger partial charge in [-0.25, -0.2) is 9.78 Å². The van der Waals surface area contributed by atoms with Gasteiger partial charge in [0, 0.05) is 23.1 Å². The Morgan fingerprint density at radius 1 is 1.22 bits per heavy atom. The first-order valence-corrected chi connectivity index (χ1v) is 9.08. The lowest BCUT2D eigenvalue weighted by atomic mass is 10.1. The standard InChI is InChI=1S/C19H18N2O5S/c1-3-16(22)13-4-6-14(7-5-13)25-10-18(24)26-9-17(23)15(8-20)19-21-12(2)11-27-19/h4-7,11,15H,3,9-10H2,1-2H3/t15-/m1/s1. The van der Waals surface area contributed by atoms with E-state index in [1.165, 1.54) is 11.3 Å². The van der Waals surface area contributed by atoms with E-state index in [1.807, 2.05) is 6.07 Å². The largest absolute Gasteiger partial charge is 0.482 e. The van der Waals surface area contributed by atoms with Crippen molar-refractivity contribution >= 4 is 28.9 Å². The third kappa shape index (κ3) is 5.72. The van der Waals surface area contributed by atoms with Gasteiger partial charge in [0.15, 0.2) is 30.7 Å². The van der Waals surface area contributed by atoms with Gasteiger partial charge in [-0.3, -0.25) is 9.59 Å². The quantitative estimate of drug-likeness (QED) is 0.482. The van der Waals surface area contributed by atoms with Crippen LogP contribution < -0.4 is 4.74 Å². The van der Waals surface area contributed by atoms with Crippen molar-refractivity contribution in [2.75, 3.05) is 13.2 Å². The Kier molecular flexibility index (Phi) is 7.20. The maximum atomic E-state index is 12.1. The lowest BCUT2D eigenvalue weighted by Crippen LogP contribution is -2.22. The van der Waals surface area contributed by atoms with E-state index < -0.39 is 24.3 Å². The monoisotopic (exact) mass is 386 g/mol. The Bertz CT molecular complexity index is 867. The van der Waals surface area contributed by atoms with Crippen molar-refractivity contribution in [2.24, 2.45) is 0 Å². The average Bonchev–Trinajstić information content (AvgIpc) is 3.11. The molecule has 0 bridgehead atoms. The van der Waals surface area contributed by atoms with Crippen LogP contribution in [0.1, 0.15) is 40.3 Å². The van der Waals surface area contributed by atoms with Gasteiger partial charge in [-0.15, -0.1) is 11.3 Å². The molecule has 0 saturated heterocycles. The topological polar surface area (TPSA) is 106 Å². The predicted molar refractivity (Wildman–Crippen MR) is 97.7 cm³/mol. The summed E-state index contributed by atoms with van der Waals surface area (Å²) >= 11 is 1.21. The van der Waals surface area contributed by atoms with Crippen LogP contribution in [-0.4, -0.2) is 35.7 Å². The zero-order chi connectivity index (χ0) is 19.8. The fourth-order valence-electron chi connectivity index (χ4n) is 2.13. The van der Waals surface area contributed by atoms with E-state index in [0.717, 1.165) is 5.69 Å². The van der Waals surface area contributed by atoms with Crippen molar-refractivity contribution in [1.82, 2.24) is 4.98 Å². The minimum atomic E-state index is -1.05. The fraction of sp³-hybridized carbons (Fsp3) is 0.316. The molecule has 1 aromatic heterocycles. The van der Waals surface area contributed by atoms with Crippen molar-refractivity contribution in [3.8, 4) is 11.8 Å². The number of carbonyl (C=O) groups is 3. The van der Waals surface area contributed by atoms with E-state index in [-0.39, 0.29) is 12.4 Å². The van der Waals surface area contributed by atoms with Crippen molar-refractivity contribution < 1.29 is 23.9 Å². The van der Waals surface area contributed by atoms with Crippen LogP contribution in [0.3, 0.4) is 0 Å². The molecule has 1 heterocycles.